The Bertz CT molecular complexity index is 552. The average molecular weight is 273 g/mol. The summed E-state index contributed by atoms with van der Waals surface area (Å²) in [6.07, 6.45) is 2.60. The van der Waals surface area contributed by atoms with Crippen LogP contribution in [0.5, 0.6) is 0 Å². The van der Waals surface area contributed by atoms with Crippen LogP contribution in [0.2, 0.25) is 0 Å². The van der Waals surface area contributed by atoms with Crippen molar-refractivity contribution in [1.82, 2.24) is 10.3 Å². The monoisotopic (exact) mass is 273 g/mol. The molecule has 1 unspecified atom stereocenters. The zero-order valence-corrected chi connectivity index (χ0v) is 11.7. The molecule has 0 fully saturated rings. The molecular formula is C15H19N3O2. The van der Waals surface area contributed by atoms with E-state index in [2.05, 4.69) is 22.5 Å². The van der Waals surface area contributed by atoms with Gasteiger partial charge in [0.05, 0.1) is 12.3 Å². The predicted octanol–water partition coefficient (Wildman–Crippen LogP) is 2.99. The van der Waals surface area contributed by atoms with Crippen LogP contribution in [0, 0.1) is 0 Å². The molecule has 2 aromatic heterocycles. The summed E-state index contributed by atoms with van der Waals surface area (Å²) in [5.74, 6) is 1.22. The van der Waals surface area contributed by atoms with Crippen molar-refractivity contribution in [3.63, 3.8) is 0 Å². The van der Waals surface area contributed by atoms with Crippen LogP contribution in [-0.4, -0.2) is 17.4 Å². The number of amides is 1. The fourth-order valence-corrected chi connectivity index (χ4v) is 1.79. The average Bonchev–Trinajstić information content (AvgIpc) is 2.99. The summed E-state index contributed by atoms with van der Waals surface area (Å²) < 4.78 is 5.26. The van der Waals surface area contributed by atoms with Crippen molar-refractivity contribution in [2.45, 2.75) is 26.3 Å². The van der Waals surface area contributed by atoms with Crippen LogP contribution >= 0.6 is 0 Å². The standard InChI is InChI=1S/C15H19N3O2/c1-3-9-16-14-8-4-6-12(18-14)15(19)17-11(2)13-7-5-10-20-13/h4-8,10-11H,3,9H2,1-2H3,(H,16,18)(H,17,19). The molecule has 5 nitrogen and oxygen atoms in total. The van der Waals surface area contributed by atoms with Crippen LogP contribution in [-0.2, 0) is 0 Å². The first-order chi connectivity index (χ1) is 9.70. The second-order valence-electron chi connectivity index (χ2n) is 4.55. The molecule has 2 rings (SSSR count). The smallest absolute Gasteiger partial charge is 0.270 e. The number of carbonyl (C=O) groups is 1. The third-order valence-electron chi connectivity index (χ3n) is 2.86. The van der Waals surface area contributed by atoms with Gasteiger partial charge < -0.3 is 15.1 Å². The van der Waals surface area contributed by atoms with Gasteiger partial charge in [-0.2, -0.15) is 0 Å². The van der Waals surface area contributed by atoms with E-state index in [0.29, 0.717) is 11.5 Å². The van der Waals surface area contributed by atoms with Gasteiger partial charge in [0.1, 0.15) is 17.3 Å². The van der Waals surface area contributed by atoms with E-state index in [1.165, 1.54) is 0 Å². The molecule has 0 spiro atoms. The molecule has 0 aromatic carbocycles. The number of rotatable bonds is 6. The SMILES string of the molecule is CCCNc1cccc(C(=O)NC(C)c2ccco2)n1. The lowest BCUT2D eigenvalue weighted by molar-refractivity contribution is 0.0930. The van der Waals surface area contributed by atoms with Crippen molar-refractivity contribution in [2.24, 2.45) is 0 Å². The maximum Gasteiger partial charge on any atom is 0.270 e. The number of aromatic nitrogens is 1. The summed E-state index contributed by atoms with van der Waals surface area (Å²) in [5.41, 5.74) is 0.393. The summed E-state index contributed by atoms with van der Waals surface area (Å²) >= 11 is 0. The van der Waals surface area contributed by atoms with Gasteiger partial charge in [0.2, 0.25) is 0 Å². The first-order valence-corrected chi connectivity index (χ1v) is 6.76. The van der Waals surface area contributed by atoms with Crippen LogP contribution in [0.4, 0.5) is 5.82 Å². The number of hydrogen-bond donors (Lipinski definition) is 2. The summed E-state index contributed by atoms with van der Waals surface area (Å²) in [6, 6.07) is 8.80. The van der Waals surface area contributed by atoms with E-state index in [4.69, 9.17) is 4.42 Å². The molecule has 1 amide bonds. The second kappa shape index (κ2) is 6.75. The van der Waals surface area contributed by atoms with Crippen molar-refractivity contribution in [3.05, 3.63) is 48.0 Å². The number of carbonyl (C=O) groups excluding carboxylic acids is 1. The van der Waals surface area contributed by atoms with E-state index >= 15 is 0 Å². The van der Waals surface area contributed by atoms with Gasteiger partial charge in [-0.1, -0.05) is 13.0 Å². The van der Waals surface area contributed by atoms with E-state index in [-0.39, 0.29) is 11.9 Å². The molecule has 5 heteroatoms. The molecule has 0 aliphatic heterocycles. The number of nitrogens with zero attached hydrogens (tertiary/aromatic N) is 1. The van der Waals surface area contributed by atoms with E-state index in [1.54, 1.807) is 18.4 Å². The number of anilines is 1. The topological polar surface area (TPSA) is 67.2 Å². The maximum absolute atomic E-state index is 12.1. The summed E-state index contributed by atoms with van der Waals surface area (Å²) in [7, 11) is 0. The minimum Gasteiger partial charge on any atom is -0.467 e. The Balaban J connectivity index is 2.01. The van der Waals surface area contributed by atoms with Crippen molar-refractivity contribution < 1.29 is 9.21 Å². The van der Waals surface area contributed by atoms with Crippen LogP contribution in [0.3, 0.4) is 0 Å². The molecule has 0 bridgehead atoms. The highest BCUT2D eigenvalue weighted by Crippen LogP contribution is 2.13. The van der Waals surface area contributed by atoms with Gasteiger partial charge in [0.15, 0.2) is 0 Å². The molecular weight excluding hydrogens is 254 g/mol. The maximum atomic E-state index is 12.1. The molecule has 1 atom stereocenters. The third kappa shape index (κ3) is 3.60. The van der Waals surface area contributed by atoms with Crippen molar-refractivity contribution in [1.29, 1.82) is 0 Å². The third-order valence-corrected chi connectivity index (χ3v) is 2.86. The lowest BCUT2D eigenvalue weighted by Crippen LogP contribution is -2.27. The molecule has 0 saturated carbocycles. The largest absolute Gasteiger partial charge is 0.467 e. The van der Waals surface area contributed by atoms with E-state index in [0.717, 1.165) is 18.7 Å². The fourth-order valence-electron chi connectivity index (χ4n) is 1.79. The van der Waals surface area contributed by atoms with Gasteiger partial charge in [-0.15, -0.1) is 0 Å². The molecule has 0 saturated heterocycles. The highest BCUT2D eigenvalue weighted by Gasteiger charge is 2.14. The van der Waals surface area contributed by atoms with E-state index in [9.17, 15) is 4.79 Å². The second-order valence-corrected chi connectivity index (χ2v) is 4.55. The van der Waals surface area contributed by atoms with Crippen LogP contribution in [0.25, 0.3) is 0 Å². The molecule has 106 valence electrons. The predicted molar refractivity (Wildman–Crippen MR) is 77.6 cm³/mol. The lowest BCUT2D eigenvalue weighted by Gasteiger charge is -2.11. The molecule has 0 aliphatic rings. The van der Waals surface area contributed by atoms with Gasteiger partial charge in [-0.25, -0.2) is 4.98 Å². The quantitative estimate of drug-likeness (QED) is 0.849. The van der Waals surface area contributed by atoms with E-state index in [1.807, 2.05) is 25.1 Å². The van der Waals surface area contributed by atoms with Crippen LogP contribution in [0.1, 0.15) is 42.6 Å². The van der Waals surface area contributed by atoms with Crippen LogP contribution < -0.4 is 10.6 Å². The molecule has 2 aromatic rings. The van der Waals surface area contributed by atoms with Crippen molar-refractivity contribution in [3.8, 4) is 0 Å². The zero-order chi connectivity index (χ0) is 14.4. The highest BCUT2D eigenvalue weighted by molar-refractivity contribution is 5.92. The minimum absolute atomic E-state index is 0.188. The number of nitrogens with one attached hydrogen (secondary N) is 2. The first-order valence-electron chi connectivity index (χ1n) is 6.76. The Labute approximate surface area is 118 Å². The van der Waals surface area contributed by atoms with Gasteiger partial charge in [0, 0.05) is 6.54 Å². The molecule has 2 heterocycles. The minimum atomic E-state index is -0.214. The van der Waals surface area contributed by atoms with Gasteiger partial charge in [-0.3, -0.25) is 4.79 Å². The number of furan rings is 1. The molecule has 0 radical (unpaired) electrons. The van der Waals surface area contributed by atoms with Gasteiger partial charge in [0.25, 0.3) is 5.91 Å². The molecule has 0 aliphatic carbocycles. The first kappa shape index (κ1) is 14.1. The Hall–Kier alpha value is -2.30. The summed E-state index contributed by atoms with van der Waals surface area (Å²) in [6.45, 7) is 4.78. The highest BCUT2D eigenvalue weighted by atomic mass is 16.3. The number of hydrogen-bond acceptors (Lipinski definition) is 4. The van der Waals surface area contributed by atoms with Gasteiger partial charge in [-0.05, 0) is 37.6 Å². The normalized spacial score (nSPS) is 11.9. The Morgan fingerprint density at radius 2 is 2.20 bits per heavy atom. The van der Waals surface area contributed by atoms with E-state index < -0.39 is 0 Å². The van der Waals surface area contributed by atoms with Crippen LogP contribution in [0.15, 0.2) is 41.0 Å². The summed E-state index contributed by atoms with van der Waals surface area (Å²) in [5, 5.41) is 6.02. The summed E-state index contributed by atoms with van der Waals surface area (Å²) in [4.78, 5) is 16.4. The Kier molecular flexibility index (Phi) is 4.76. The zero-order valence-electron chi connectivity index (χ0n) is 11.7. The van der Waals surface area contributed by atoms with Crippen molar-refractivity contribution >= 4 is 11.7 Å². The van der Waals surface area contributed by atoms with Crippen molar-refractivity contribution in [2.75, 3.05) is 11.9 Å². The molecule has 20 heavy (non-hydrogen) atoms. The van der Waals surface area contributed by atoms with Gasteiger partial charge >= 0.3 is 0 Å². The Morgan fingerprint density at radius 3 is 2.90 bits per heavy atom. The Morgan fingerprint density at radius 1 is 1.35 bits per heavy atom. The number of pyridine rings is 1. The fraction of sp³-hybridized carbons (Fsp3) is 0.333. The lowest BCUT2D eigenvalue weighted by atomic mass is 10.2. The molecule has 2 N–H and O–H groups in total.